The summed E-state index contributed by atoms with van der Waals surface area (Å²) in [6, 6.07) is 18.4. The number of hydrogen-bond acceptors (Lipinski definition) is 3. The number of benzene rings is 3. The molecule has 28 heavy (non-hydrogen) atoms. The maximum atomic E-state index is 12.2. The first-order valence-corrected chi connectivity index (χ1v) is 9.52. The summed E-state index contributed by atoms with van der Waals surface area (Å²) in [7, 11) is 0. The third kappa shape index (κ3) is 3.05. The van der Waals surface area contributed by atoms with E-state index in [1.54, 1.807) is 12.4 Å². The summed E-state index contributed by atoms with van der Waals surface area (Å²) in [6.07, 6.45) is 9.86. The number of aryl methyl sites for hydroxylation is 1. The van der Waals surface area contributed by atoms with Crippen molar-refractivity contribution in [2.24, 2.45) is 0 Å². The fraction of sp³-hybridized carbons (Fsp3) is 0.120. The van der Waals surface area contributed by atoms with Crippen LogP contribution in [-0.2, 0) is 17.6 Å². The predicted octanol–water partition coefficient (Wildman–Crippen LogP) is 5.50. The molecule has 0 spiro atoms. The highest BCUT2D eigenvalue weighted by Gasteiger charge is 2.12. The van der Waals surface area contributed by atoms with Crippen molar-refractivity contribution in [3.8, 4) is 5.75 Å². The van der Waals surface area contributed by atoms with Crippen LogP contribution < -0.4 is 4.74 Å². The molecule has 3 nitrogen and oxygen atoms in total. The summed E-state index contributed by atoms with van der Waals surface area (Å²) in [5.74, 6) is 0.371. The molecule has 0 saturated carbocycles. The monoisotopic (exact) mass is 365 g/mol. The number of carbonyl (C=O) groups is 1. The lowest BCUT2D eigenvalue weighted by Gasteiger charge is -2.10. The number of hydrogen-bond donors (Lipinski definition) is 0. The third-order valence-electron chi connectivity index (χ3n) is 5.35. The minimum atomic E-state index is -0.221. The Kier molecular flexibility index (Phi) is 4.13. The number of ether oxygens (including phenoxy) is 1. The Morgan fingerprint density at radius 2 is 1.75 bits per heavy atom. The van der Waals surface area contributed by atoms with Crippen LogP contribution in [0.15, 0.2) is 73.1 Å². The number of allylic oxidation sites excluding steroid dienone is 1. The zero-order chi connectivity index (χ0) is 18.9. The summed E-state index contributed by atoms with van der Waals surface area (Å²) < 4.78 is 5.57. The Balaban J connectivity index is 1.38. The van der Waals surface area contributed by atoms with Crippen molar-refractivity contribution in [3.05, 3.63) is 89.8 Å². The van der Waals surface area contributed by atoms with Gasteiger partial charge in [0.2, 0.25) is 0 Å². The lowest BCUT2D eigenvalue weighted by molar-refractivity contribution is -0.134. The van der Waals surface area contributed by atoms with E-state index in [1.807, 2.05) is 24.3 Å². The zero-order valence-electron chi connectivity index (χ0n) is 15.4. The summed E-state index contributed by atoms with van der Waals surface area (Å²) in [5, 5.41) is 4.81. The fourth-order valence-electron chi connectivity index (χ4n) is 3.93. The predicted molar refractivity (Wildman–Crippen MR) is 112 cm³/mol. The molecular weight excluding hydrogens is 346 g/mol. The molecule has 0 N–H and O–H groups in total. The van der Waals surface area contributed by atoms with Gasteiger partial charge in [-0.25, -0.2) is 0 Å². The average Bonchev–Trinajstić information content (AvgIpc) is 3.22. The second-order valence-corrected chi connectivity index (χ2v) is 7.11. The highest BCUT2D eigenvalue weighted by atomic mass is 16.5. The van der Waals surface area contributed by atoms with E-state index in [0.29, 0.717) is 18.6 Å². The van der Waals surface area contributed by atoms with E-state index in [0.717, 1.165) is 17.4 Å². The third-order valence-corrected chi connectivity index (χ3v) is 5.35. The maximum absolute atomic E-state index is 12.2. The van der Waals surface area contributed by atoms with Gasteiger partial charge in [0.15, 0.2) is 0 Å². The Morgan fingerprint density at radius 3 is 2.64 bits per heavy atom. The molecule has 0 bridgehead atoms. The van der Waals surface area contributed by atoms with Gasteiger partial charge in [0.05, 0.1) is 0 Å². The van der Waals surface area contributed by atoms with Crippen molar-refractivity contribution in [2.45, 2.75) is 19.3 Å². The van der Waals surface area contributed by atoms with Crippen molar-refractivity contribution >= 4 is 33.6 Å². The van der Waals surface area contributed by atoms with Crippen LogP contribution in [0.2, 0.25) is 0 Å². The molecule has 1 aliphatic carbocycles. The first-order valence-electron chi connectivity index (χ1n) is 9.52. The smallest absolute Gasteiger partial charge is 0.311 e. The number of fused-ring (bicyclic) bond motifs is 5. The van der Waals surface area contributed by atoms with Gasteiger partial charge in [-0.15, -0.1) is 0 Å². The van der Waals surface area contributed by atoms with Gasteiger partial charge in [-0.2, -0.15) is 0 Å². The Bertz CT molecular complexity index is 1230. The zero-order valence-corrected chi connectivity index (χ0v) is 15.4. The van der Waals surface area contributed by atoms with Crippen LogP contribution in [0, 0.1) is 0 Å². The summed E-state index contributed by atoms with van der Waals surface area (Å²) >= 11 is 0. The van der Waals surface area contributed by atoms with E-state index in [1.165, 1.54) is 27.3 Å². The molecule has 3 heteroatoms. The van der Waals surface area contributed by atoms with Crippen molar-refractivity contribution in [1.29, 1.82) is 0 Å². The van der Waals surface area contributed by atoms with Crippen molar-refractivity contribution < 1.29 is 9.53 Å². The van der Waals surface area contributed by atoms with Gasteiger partial charge in [0, 0.05) is 18.8 Å². The largest absolute Gasteiger partial charge is 0.426 e. The maximum Gasteiger partial charge on any atom is 0.311 e. The minimum Gasteiger partial charge on any atom is -0.426 e. The highest BCUT2D eigenvalue weighted by Crippen LogP contribution is 2.34. The number of esters is 1. The molecule has 0 aliphatic heterocycles. The summed E-state index contributed by atoms with van der Waals surface area (Å²) in [6.45, 7) is 0. The molecule has 4 aromatic rings. The number of rotatable bonds is 4. The number of pyridine rings is 1. The Labute approximate surface area is 163 Å². The van der Waals surface area contributed by atoms with Gasteiger partial charge in [0.25, 0.3) is 0 Å². The van der Waals surface area contributed by atoms with E-state index >= 15 is 0 Å². The van der Waals surface area contributed by atoms with E-state index in [2.05, 4.69) is 47.5 Å². The SMILES string of the molecule is O=C(CCc1ccncc1)Oc1ccc2c(ccc3c4c(ccc32)C=CC4)c1. The molecule has 0 saturated heterocycles. The van der Waals surface area contributed by atoms with E-state index in [-0.39, 0.29) is 5.97 Å². The van der Waals surface area contributed by atoms with Crippen molar-refractivity contribution in [3.63, 3.8) is 0 Å². The first kappa shape index (κ1) is 16.7. The van der Waals surface area contributed by atoms with E-state index in [4.69, 9.17) is 4.74 Å². The molecule has 0 radical (unpaired) electrons. The second kappa shape index (κ2) is 6.93. The standard InChI is InChI=1S/C25H19NO2/c27-25(11-4-17-12-14-26-15-13-17)28-20-7-10-22-19(16-20)6-9-23-21-3-1-2-18(21)5-8-24(22)23/h1-2,5-10,12-16H,3-4,11H2. The molecule has 5 rings (SSSR count). The number of carbonyl (C=O) groups excluding carboxylic acids is 1. The quantitative estimate of drug-likeness (QED) is 0.272. The van der Waals surface area contributed by atoms with Crippen molar-refractivity contribution in [2.75, 3.05) is 0 Å². The van der Waals surface area contributed by atoms with Gasteiger partial charge >= 0.3 is 5.97 Å². The molecule has 0 unspecified atom stereocenters. The van der Waals surface area contributed by atoms with Gasteiger partial charge in [-0.3, -0.25) is 9.78 Å². The topological polar surface area (TPSA) is 39.2 Å². The lowest BCUT2D eigenvalue weighted by atomic mass is 9.96. The molecular formula is C25H19NO2. The van der Waals surface area contributed by atoms with Crippen LogP contribution in [0.1, 0.15) is 23.1 Å². The molecule has 1 aliphatic rings. The van der Waals surface area contributed by atoms with Gasteiger partial charge in [0.1, 0.15) is 5.75 Å². The Morgan fingerprint density at radius 1 is 0.929 bits per heavy atom. The molecule has 0 atom stereocenters. The van der Waals surface area contributed by atoms with E-state index < -0.39 is 0 Å². The van der Waals surface area contributed by atoms with E-state index in [9.17, 15) is 4.79 Å². The van der Waals surface area contributed by atoms with Crippen LogP contribution >= 0.6 is 0 Å². The van der Waals surface area contributed by atoms with Gasteiger partial charge in [-0.1, -0.05) is 42.5 Å². The van der Waals surface area contributed by atoms with Crippen LogP contribution in [0.3, 0.4) is 0 Å². The molecule has 1 heterocycles. The van der Waals surface area contributed by atoms with Crippen LogP contribution in [0.4, 0.5) is 0 Å². The number of nitrogens with zero attached hydrogens (tertiary/aromatic N) is 1. The fourth-order valence-corrected chi connectivity index (χ4v) is 3.93. The highest BCUT2D eigenvalue weighted by molar-refractivity contribution is 6.09. The van der Waals surface area contributed by atoms with Crippen LogP contribution in [-0.4, -0.2) is 11.0 Å². The minimum absolute atomic E-state index is 0.221. The first-order chi connectivity index (χ1) is 13.8. The summed E-state index contributed by atoms with van der Waals surface area (Å²) in [5.41, 5.74) is 3.79. The normalized spacial score (nSPS) is 12.4. The number of aromatic nitrogens is 1. The summed E-state index contributed by atoms with van der Waals surface area (Å²) in [4.78, 5) is 16.2. The van der Waals surface area contributed by atoms with Crippen molar-refractivity contribution in [1.82, 2.24) is 4.98 Å². The molecule has 0 fully saturated rings. The second-order valence-electron chi connectivity index (χ2n) is 7.11. The Hall–Kier alpha value is -3.46. The molecule has 0 amide bonds. The molecule has 136 valence electrons. The van der Waals surface area contributed by atoms with Gasteiger partial charge in [-0.05, 0) is 75.3 Å². The van der Waals surface area contributed by atoms with Crippen LogP contribution in [0.5, 0.6) is 5.75 Å². The van der Waals surface area contributed by atoms with Crippen LogP contribution in [0.25, 0.3) is 27.6 Å². The molecule has 1 aromatic heterocycles. The lowest BCUT2D eigenvalue weighted by Crippen LogP contribution is -2.09. The van der Waals surface area contributed by atoms with Gasteiger partial charge < -0.3 is 4.74 Å². The molecule has 3 aromatic carbocycles. The average molecular weight is 365 g/mol.